The van der Waals surface area contributed by atoms with Gasteiger partial charge in [-0.1, -0.05) is 0 Å². The summed E-state index contributed by atoms with van der Waals surface area (Å²) < 4.78 is 5.19. The maximum atomic E-state index is 10.6. The maximum Gasteiger partial charge on any atom is 0.237 e. The van der Waals surface area contributed by atoms with Gasteiger partial charge < -0.3 is 16.2 Å². The molecule has 1 amide bonds. The van der Waals surface area contributed by atoms with Crippen molar-refractivity contribution < 1.29 is 9.53 Å². The van der Waals surface area contributed by atoms with Crippen LogP contribution < -0.4 is 16.2 Å². The molecular weight excluding hydrogens is 194 g/mol. The van der Waals surface area contributed by atoms with Crippen molar-refractivity contribution in [2.45, 2.75) is 6.04 Å². The number of nitriles is 1. The standard InChI is InChI=1S/C10H11N3O2/c11-5-7-1-3-8(4-2-7)15-6-9(12)10(13)14/h1-4,9H,6,12H2,(H2,13,14). The Balaban J connectivity index is 2.52. The lowest BCUT2D eigenvalue weighted by atomic mass is 10.2. The molecule has 1 aromatic carbocycles. The van der Waals surface area contributed by atoms with E-state index in [1.54, 1.807) is 24.3 Å². The van der Waals surface area contributed by atoms with Crippen LogP contribution in [0.15, 0.2) is 24.3 Å². The Kier molecular flexibility index (Phi) is 3.66. The van der Waals surface area contributed by atoms with Gasteiger partial charge in [-0.15, -0.1) is 0 Å². The van der Waals surface area contributed by atoms with Crippen LogP contribution in [0.3, 0.4) is 0 Å². The molecule has 0 radical (unpaired) electrons. The summed E-state index contributed by atoms with van der Waals surface area (Å²) in [6, 6.07) is 7.66. The number of benzene rings is 1. The van der Waals surface area contributed by atoms with E-state index in [0.29, 0.717) is 11.3 Å². The van der Waals surface area contributed by atoms with E-state index in [1.807, 2.05) is 6.07 Å². The van der Waals surface area contributed by atoms with Crippen LogP contribution in [-0.2, 0) is 4.79 Å². The number of primary amides is 1. The van der Waals surface area contributed by atoms with Gasteiger partial charge in [-0.25, -0.2) is 0 Å². The second kappa shape index (κ2) is 4.98. The quantitative estimate of drug-likeness (QED) is 0.707. The number of carbonyl (C=O) groups excluding carboxylic acids is 1. The third-order valence-electron chi connectivity index (χ3n) is 1.78. The van der Waals surface area contributed by atoms with Crippen LogP contribution in [0, 0.1) is 11.3 Å². The number of nitrogens with two attached hydrogens (primary N) is 2. The first-order valence-corrected chi connectivity index (χ1v) is 4.31. The second-order valence-corrected chi connectivity index (χ2v) is 2.96. The maximum absolute atomic E-state index is 10.6. The molecule has 1 rings (SSSR count). The Morgan fingerprint density at radius 3 is 2.53 bits per heavy atom. The van der Waals surface area contributed by atoms with Crippen molar-refractivity contribution in [2.75, 3.05) is 6.61 Å². The average molecular weight is 205 g/mol. The number of carbonyl (C=O) groups is 1. The van der Waals surface area contributed by atoms with Crippen molar-refractivity contribution in [3.63, 3.8) is 0 Å². The summed E-state index contributed by atoms with van der Waals surface area (Å²) >= 11 is 0. The first-order chi connectivity index (χ1) is 7.13. The minimum atomic E-state index is -0.819. The molecule has 0 heterocycles. The summed E-state index contributed by atoms with van der Waals surface area (Å²) in [5.74, 6) is -0.0608. The van der Waals surface area contributed by atoms with Gasteiger partial charge in [0.2, 0.25) is 5.91 Å². The van der Waals surface area contributed by atoms with Gasteiger partial charge in [0.25, 0.3) is 0 Å². The molecule has 0 spiro atoms. The molecule has 0 fully saturated rings. The number of nitrogens with zero attached hydrogens (tertiary/aromatic N) is 1. The summed E-state index contributed by atoms with van der Waals surface area (Å²) in [7, 11) is 0. The van der Waals surface area contributed by atoms with Crippen LogP contribution in [0.2, 0.25) is 0 Å². The molecule has 4 N–H and O–H groups in total. The second-order valence-electron chi connectivity index (χ2n) is 2.96. The SMILES string of the molecule is N#Cc1ccc(OCC(N)C(N)=O)cc1. The van der Waals surface area contributed by atoms with E-state index in [0.717, 1.165) is 0 Å². The summed E-state index contributed by atoms with van der Waals surface area (Å²) in [6.45, 7) is 0.0290. The van der Waals surface area contributed by atoms with Gasteiger partial charge in [0.15, 0.2) is 0 Å². The third kappa shape index (κ3) is 3.29. The summed E-state index contributed by atoms with van der Waals surface area (Å²) in [5.41, 5.74) is 10.9. The van der Waals surface area contributed by atoms with E-state index >= 15 is 0 Å². The van der Waals surface area contributed by atoms with Crippen molar-refractivity contribution in [2.24, 2.45) is 11.5 Å². The van der Waals surface area contributed by atoms with Crippen LogP contribution in [0.5, 0.6) is 5.75 Å². The van der Waals surface area contributed by atoms with Gasteiger partial charge in [0.05, 0.1) is 11.6 Å². The van der Waals surface area contributed by atoms with Gasteiger partial charge in [-0.2, -0.15) is 5.26 Å². The molecular formula is C10H11N3O2. The Bertz CT molecular complexity index is 381. The lowest BCUT2D eigenvalue weighted by Gasteiger charge is -2.09. The highest BCUT2D eigenvalue weighted by Crippen LogP contribution is 2.11. The highest BCUT2D eigenvalue weighted by atomic mass is 16.5. The Morgan fingerprint density at radius 2 is 2.07 bits per heavy atom. The van der Waals surface area contributed by atoms with Gasteiger partial charge >= 0.3 is 0 Å². The van der Waals surface area contributed by atoms with E-state index < -0.39 is 11.9 Å². The fourth-order valence-corrected chi connectivity index (χ4v) is 0.894. The fraction of sp³-hybridized carbons (Fsp3) is 0.200. The normalized spacial score (nSPS) is 11.5. The van der Waals surface area contributed by atoms with Gasteiger partial charge in [0, 0.05) is 0 Å². The largest absolute Gasteiger partial charge is 0.491 e. The lowest BCUT2D eigenvalue weighted by molar-refractivity contribution is -0.119. The van der Waals surface area contributed by atoms with Gasteiger partial charge in [0.1, 0.15) is 18.4 Å². The van der Waals surface area contributed by atoms with Crippen LogP contribution in [0.4, 0.5) is 0 Å². The van der Waals surface area contributed by atoms with Crippen molar-refractivity contribution in [1.82, 2.24) is 0 Å². The number of amides is 1. The van der Waals surface area contributed by atoms with E-state index in [4.69, 9.17) is 21.5 Å². The molecule has 0 aromatic heterocycles. The molecule has 0 saturated heterocycles. The van der Waals surface area contributed by atoms with Crippen molar-refractivity contribution >= 4 is 5.91 Å². The minimum Gasteiger partial charge on any atom is -0.491 e. The molecule has 1 atom stereocenters. The average Bonchev–Trinajstić information content (AvgIpc) is 2.26. The third-order valence-corrected chi connectivity index (χ3v) is 1.78. The summed E-state index contributed by atoms with van der Waals surface area (Å²) in [4.78, 5) is 10.6. The lowest BCUT2D eigenvalue weighted by Crippen LogP contribution is -2.41. The smallest absolute Gasteiger partial charge is 0.237 e. The highest BCUT2D eigenvalue weighted by Gasteiger charge is 2.09. The zero-order valence-corrected chi connectivity index (χ0v) is 8.01. The Labute approximate surface area is 87.2 Å². The van der Waals surface area contributed by atoms with Crippen LogP contribution in [-0.4, -0.2) is 18.6 Å². The molecule has 0 bridgehead atoms. The first-order valence-electron chi connectivity index (χ1n) is 4.31. The fourth-order valence-electron chi connectivity index (χ4n) is 0.894. The number of ether oxygens (including phenoxy) is 1. The molecule has 1 unspecified atom stereocenters. The molecule has 0 aliphatic carbocycles. The van der Waals surface area contributed by atoms with Crippen LogP contribution in [0.1, 0.15) is 5.56 Å². The predicted octanol–water partition coefficient (Wildman–Crippen LogP) is -0.250. The predicted molar refractivity (Wildman–Crippen MR) is 53.8 cm³/mol. The summed E-state index contributed by atoms with van der Waals surface area (Å²) in [6.07, 6.45) is 0. The Hall–Kier alpha value is -2.06. The molecule has 5 heteroatoms. The van der Waals surface area contributed by atoms with E-state index in [-0.39, 0.29) is 6.61 Å². The highest BCUT2D eigenvalue weighted by molar-refractivity contribution is 5.79. The zero-order valence-electron chi connectivity index (χ0n) is 8.01. The van der Waals surface area contributed by atoms with Gasteiger partial charge in [-0.3, -0.25) is 4.79 Å². The van der Waals surface area contributed by atoms with E-state index in [2.05, 4.69) is 0 Å². The molecule has 0 aliphatic rings. The zero-order chi connectivity index (χ0) is 11.3. The van der Waals surface area contributed by atoms with E-state index in [1.165, 1.54) is 0 Å². The summed E-state index contributed by atoms with van der Waals surface area (Å²) in [5, 5.41) is 8.55. The monoisotopic (exact) mass is 205 g/mol. The topological polar surface area (TPSA) is 102 Å². The van der Waals surface area contributed by atoms with Crippen molar-refractivity contribution in [1.29, 1.82) is 5.26 Å². The molecule has 1 aromatic rings. The molecule has 0 saturated carbocycles. The number of hydrogen-bond acceptors (Lipinski definition) is 4. The van der Waals surface area contributed by atoms with Crippen molar-refractivity contribution in [3.8, 4) is 11.8 Å². The van der Waals surface area contributed by atoms with E-state index in [9.17, 15) is 4.79 Å². The number of rotatable bonds is 4. The Morgan fingerprint density at radius 1 is 1.47 bits per heavy atom. The molecule has 5 nitrogen and oxygen atoms in total. The molecule has 15 heavy (non-hydrogen) atoms. The minimum absolute atomic E-state index is 0.0290. The molecule has 78 valence electrons. The van der Waals surface area contributed by atoms with Gasteiger partial charge in [-0.05, 0) is 24.3 Å². The van der Waals surface area contributed by atoms with Crippen LogP contribution >= 0.6 is 0 Å². The number of hydrogen-bond donors (Lipinski definition) is 2. The molecule has 0 aliphatic heterocycles. The van der Waals surface area contributed by atoms with Crippen molar-refractivity contribution in [3.05, 3.63) is 29.8 Å². The van der Waals surface area contributed by atoms with Crippen LogP contribution in [0.25, 0.3) is 0 Å². The first kappa shape index (κ1) is 11.0.